The SMILES string of the molecule is CN1CCC[C@H]1[C@@H](NC(=O)Nc1cc(C(F)(F)F)cc(C(F)(F)F)c1)c1ccccc1. The zero-order valence-corrected chi connectivity index (χ0v) is 16.5. The smallest absolute Gasteiger partial charge is 0.329 e. The van der Waals surface area contributed by atoms with Gasteiger partial charge < -0.3 is 15.5 Å². The van der Waals surface area contributed by atoms with Crippen molar-refractivity contribution in [2.45, 2.75) is 37.3 Å². The molecule has 0 aliphatic carbocycles. The second-order valence-electron chi connectivity index (χ2n) is 7.47. The Kier molecular flexibility index (Phi) is 6.49. The maximum absolute atomic E-state index is 13.1. The number of amides is 2. The van der Waals surface area contributed by atoms with Crippen LogP contribution in [0.3, 0.4) is 0 Å². The lowest BCUT2D eigenvalue weighted by Gasteiger charge is -2.30. The Morgan fingerprint density at radius 1 is 1.00 bits per heavy atom. The fraction of sp³-hybridized carbons (Fsp3) is 0.381. The molecule has 31 heavy (non-hydrogen) atoms. The van der Waals surface area contributed by atoms with Crippen LogP contribution in [-0.4, -0.2) is 30.6 Å². The zero-order chi connectivity index (χ0) is 22.8. The largest absolute Gasteiger partial charge is 0.416 e. The van der Waals surface area contributed by atoms with Crippen LogP contribution in [-0.2, 0) is 12.4 Å². The molecule has 4 nitrogen and oxygen atoms in total. The van der Waals surface area contributed by atoms with Gasteiger partial charge in [0, 0.05) is 11.7 Å². The van der Waals surface area contributed by atoms with Crippen LogP contribution in [0, 0.1) is 0 Å². The van der Waals surface area contributed by atoms with Crippen molar-refractivity contribution >= 4 is 11.7 Å². The van der Waals surface area contributed by atoms with Gasteiger partial charge in [0.15, 0.2) is 0 Å². The van der Waals surface area contributed by atoms with Crippen molar-refractivity contribution in [2.75, 3.05) is 18.9 Å². The minimum atomic E-state index is -4.99. The molecule has 2 amide bonds. The maximum Gasteiger partial charge on any atom is 0.416 e. The number of carbonyl (C=O) groups excluding carboxylic acids is 1. The van der Waals surface area contributed by atoms with E-state index in [0.29, 0.717) is 12.1 Å². The molecule has 1 heterocycles. The van der Waals surface area contributed by atoms with E-state index in [9.17, 15) is 31.1 Å². The van der Waals surface area contributed by atoms with E-state index in [1.165, 1.54) is 0 Å². The third-order valence-corrected chi connectivity index (χ3v) is 5.25. The minimum Gasteiger partial charge on any atom is -0.329 e. The molecule has 2 atom stereocenters. The Hall–Kier alpha value is -2.75. The molecule has 0 bridgehead atoms. The highest BCUT2D eigenvalue weighted by Crippen LogP contribution is 2.37. The van der Waals surface area contributed by atoms with Crippen molar-refractivity contribution in [2.24, 2.45) is 0 Å². The van der Waals surface area contributed by atoms with Gasteiger partial charge in [0.1, 0.15) is 0 Å². The first-order chi connectivity index (χ1) is 14.4. The van der Waals surface area contributed by atoms with Crippen LogP contribution in [0.2, 0.25) is 0 Å². The van der Waals surface area contributed by atoms with Crippen LogP contribution < -0.4 is 10.6 Å². The van der Waals surface area contributed by atoms with Crippen molar-refractivity contribution < 1.29 is 31.1 Å². The van der Waals surface area contributed by atoms with Gasteiger partial charge in [-0.1, -0.05) is 30.3 Å². The molecule has 3 rings (SSSR count). The van der Waals surface area contributed by atoms with E-state index in [1.807, 2.05) is 19.2 Å². The molecular formula is C21H21F6N3O. The molecule has 2 aromatic carbocycles. The van der Waals surface area contributed by atoms with E-state index in [2.05, 4.69) is 15.5 Å². The van der Waals surface area contributed by atoms with E-state index < -0.39 is 41.2 Å². The Morgan fingerprint density at radius 3 is 2.06 bits per heavy atom. The molecule has 2 N–H and O–H groups in total. The molecular weight excluding hydrogens is 424 g/mol. The predicted octanol–water partition coefficient (Wildman–Crippen LogP) is 5.68. The van der Waals surface area contributed by atoms with Crippen LogP contribution in [0.25, 0.3) is 0 Å². The van der Waals surface area contributed by atoms with Crippen LogP contribution in [0.1, 0.15) is 35.6 Å². The van der Waals surface area contributed by atoms with Gasteiger partial charge in [-0.05, 0) is 50.2 Å². The Balaban J connectivity index is 1.85. The summed E-state index contributed by atoms with van der Waals surface area (Å²) in [6.45, 7) is 0.819. The number of anilines is 1. The number of urea groups is 1. The number of nitrogens with zero attached hydrogens (tertiary/aromatic N) is 1. The third kappa shape index (κ3) is 5.69. The van der Waals surface area contributed by atoms with Gasteiger partial charge in [0.25, 0.3) is 0 Å². The number of likely N-dealkylation sites (N-methyl/N-ethyl adjacent to an activating group) is 1. The Labute approximate surface area is 175 Å². The fourth-order valence-electron chi connectivity index (χ4n) is 3.75. The second kappa shape index (κ2) is 8.78. The number of rotatable bonds is 4. The lowest BCUT2D eigenvalue weighted by molar-refractivity contribution is -0.143. The summed E-state index contributed by atoms with van der Waals surface area (Å²) < 4.78 is 78.3. The topological polar surface area (TPSA) is 44.4 Å². The molecule has 0 unspecified atom stereocenters. The van der Waals surface area contributed by atoms with E-state index in [0.717, 1.165) is 24.9 Å². The highest BCUT2D eigenvalue weighted by atomic mass is 19.4. The summed E-state index contributed by atoms with van der Waals surface area (Å²) in [5, 5.41) is 4.85. The second-order valence-corrected chi connectivity index (χ2v) is 7.47. The normalized spacial score (nSPS) is 18.6. The molecule has 168 valence electrons. The van der Waals surface area contributed by atoms with Gasteiger partial charge in [-0.25, -0.2) is 4.79 Å². The number of nitrogens with one attached hydrogen (secondary N) is 2. The average Bonchev–Trinajstić information content (AvgIpc) is 3.11. The van der Waals surface area contributed by atoms with E-state index >= 15 is 0 Å². The molecule has 0 spiro atoms. The summed E-state index contributed by atoms with van der Waals surface area (Å²) in [5.41, 5.74) is -2.79. The first kappa shape index (κ1) is 22.9. The lowest BCUT2D eigenvalue weighted by Crippen LogP contribution is -2.43. The highest BCUT2D eigenvalue weighted by molar-refractivity contribution is 5.89. The van der Waals surface area contributed by atoms with Crippen LogP contribution >= 0.6 is 0 Å². The summed E-state index contributed by atoms with van der Waals surface area (Å²) in [6.07, 6.45) is -8.28. The monoisotopic (exact) mass is 445 g/mol. The Bertz CT molecular complexity index is 881. The first-order valence-electron chi connectivity index (χ1n) is 9.57. The summed E-state index contributed by atoms with van der Waals surface area (Å²) in [4.78, 5) is 14.6. The van der Waals surface area contributed by atoms with Crippen molar-refractivity contribution in [3.63, 3.8) is 0 Å². The number of alkyl halides is 6. The van der Waals surface area contributed by atoms with E-state index in [-0.39, 0.29) is 12.1 Å². The lowest BCUT2D eigenvalue weighted by atomic mass is 9.97. The first-order valence-corrected chi connectivity index (χ1v) is 9.57. The molecule has 0 aromatic heterocycles. The molecule has 1 aliphatic heterocycles. The van der Waals surface area contributed by atoms with Gasteiger partial charge in [-0.3, -0.25) is 0 Å². The molecule has 10 heteroatoms. The number of halogens is 6. The average molecular weight is 445 g/mol. The number of benzene rings is 2. The summed E-state index contributed by atoms with van der Waals surface area (Å²) in [6, 6.07) is 8.56. The quantitative estimate of drug-likeness (QED) is 0.595. The Morgan fingerprint density at radius 2 is 1.58 bits per heavy atom. The zero-order valence-electron chi connectivity index (χ0n) is 16.5. The van der Waals surface area contributed by atoms with Crippen molar-refractivity contribution in [3.8, 4) is 0 Å². The van der Waals surface area contributed by atoms with Gasteiger partial charge in [0.05, 0.1) is 17.2 Å². The van der Waals surface area contributed by atoms with E-state index in [4.69, 9.17) is 0 Å². The highest BCUT2D eigenvalue weighted by Gasteiger charge is 2.37. The van der Waals surface area contributed by atoms with Gasteiger partial charge in [0.2, 0.25) is 0 Å². The number of hydrogen-bond donors (Lipinski definition) is 2. The number of hydrogen-bond acceptors (Lipinski definition) is 2. The molecule has 0 radical (unpaired) electrons. The van der Waals surface area contributed by atoms with Crippen molar-refractivity contribution in [1.29, 1.82) is 0 Å². The molecule has 1 saturated heterocycles. The third-order valence-electron chi connectivity index (χ3n) is 5.25. The predicted molar refractivity (Wildman–Crippen MR) is 103 cm³/mol. The van der Waals surface area contributed by atoms with Crippen LogP contribution in [0.5, 0.6) is 0 Å². The molecule has 1 aliphatic rings. The molecule has 1 fully saturated rings. The van der Waals surface area contributed by atoms with Crippen LogP contribution in [0.4, 0.5) is 36.8 Å². The molecule has 0 saturated carbocycles. The number of likely N-dealkylation sites (tertiary alicyclic amines) is 1. The van der Waals surface area contributed by atoms with Gasteiger partial charge >= 0.3 is 18.4 Å². The van der Waals surface area contributed by atoms with Gasteiger partial charge in [-0.2, -0.15) is 26.3 Å². The van der Waals surface area contributed by atoms with Crippen molar-refractivity contribution in [3.05, 3.63) is 65.2 Å². The standard InChI is InChI=1S/C21H21F6N3O/c1-30-9-5-8-17(30)18(13-6-3-2-4-7-13)29-19(31)28-16-11-14(20(22,23)24)10-15(12-16)21(25,26)27/h2-4,6-7,10-12,17-18H,5,8-9H2,1H3,(H2,28,29,31)/t17-,18-/m0/s1. The summed E-state index contributed by atoms with van der Waals surface area (Å²) >= 11 is 0. The summed E-state index contributed by atoms with van der Waals surface area (Å²) in [5.74, 6) is 0. The fourth-order valence-corrected chi connectivity index (χ4v) is 3.75. The van der Waals surface area contributed by atoms with Crippen molar-refractivity contribution in [1.82, 2.24) is 10.2 Å². The van der Waals surface area contributed by atoms with Crippen LogP contribution in [0.15, 0.2) is 48.5 Å². The minimum absolute atomic E-state index is 0.0172. The van der Waals surface area contributed by atoms with E-state index in [1.54, 1.807) is 18.2 Å². The van der Waals surface area contributed by atoms with Gasteiger partial charge in [-0.15, -0.1) is 0 Å². The molecule has 2 aromatic rings. The number of carbonyl (C=O) groups is 1. The summed E-state index contributed by atoms with van der Waals surface area (Å²) in [7, 11) is 1.90. The maximum atomic E-state index is 13.1.